The predicted molar refractivity (Wildman–Crippen MR) is 105 cm³/mol. The Morgan fingerprint density at radius 3 is 2.76 bits per heavy atom. The van der Waals surface area contributed by atoms with Gasteiger partial charge in [-0.15, -0.1) is 5.10 Å². The highest BCUT2D eigenvalue weighted by Gasteiger charge is 2.22. The van der Waals surface area contributed by atoms with Gasteiger partial charge in [-0.1, -0.05) is 0 Å². The highest BCUT2D eigenvalue weighted by atomic mass is 127. The van der Waals surface area contributed by atoms with E-state index in [0.29, 0.717) is 12.5 Å². The summed E-state index contributed by atoms with van der Waals surface area (Å²) in [6, 6.07) is 4.03. The molecule has 0 atom stereocenters. The van der Waals surface area contributed by atoms with Crippen LogP contribution in [0.3, 0.4) is 0 Å². The largest absolute Gasteiger partial charge is 0.444 e. The molecule has 2 aromatic heterocycles. The molecule has 0 spiro atoms. The Morgan fingerprint density at radius 1 is 1.36 bits per heavy atom. The monoisotopic (exact) mass is 457 g/mol. The van der Waals surface area contributed by atoms with Crippen LogP contribution in [0.1, 0.15) is 33.6 Å². The molecule has 3 rings (SSSR count). The first-order chi connectivity index (χ1) is 11.8. The van der Waals surface area contributed by atoms with Crippen molar-refractivity contribution in [3.05, 3.63) is 22.0 Å². The van der Waals surface area contributed by atoms with Crippen LogP contribution >= 0.6 is 22.6 Å². The van der Waals surface area contributed by atoms with Gasteiger partial charge in [-0.2, -0.15) is 0 Å². The minimum atomic E-state index is -0.456. The first kappa shape index (κ1) is 18.2. The van der Waals surface area contributed by atoms with Gasteiger partial charge < -0.3 is 15.0 Å². The van der Waals surface area contributed by atoms with Crippen LogP contribution < -0.4 is 10.2 Å². The number of carbonyl (C=O) groups excluding carboxylic acids is 1. The lowest BCUT2D eigenvalue weighted by Crippen LogP contribution is -2.40. The van der Waals surface area contributed by atoms with Gasteiger partial charge in [0.25, 0.3) is 0 Å². The number of amides is 1. The van der Waals surface area contributed by atoms with Crippen LogP contribution in [0.5, 0.6) is 0 Å². The molecule has 3 heterocycles. The average Bonchev–Trinajstić information content (AvgIpc) is 2.93. The van der Waals surface area contributed by atoms with Crippen LogP contribution in [0, 0.1) is 9.62 Å². The Bertz CT molecular complexity index is 747. The molecular formula is C17H24IN5O2. The summed E-state index contributed by atoms with van der Waals surface area (Å²) in [4.78, 5) is 18.4. The van der Waals surface area contributed by atoms with E-state index in [2.05, 4.69) is 42.9 Å². The summed E-state index contributed by atoms with van der Waals surface area (Å²) in [6.45, 7) is 8.15. The summed E-state index contributed by atoms with van der Waals surface area (Å²) in [6.07, 6.45) is 3.53. The maximum Gasteiger partial charge on any atom is 0.407 e. The van der Waals surface area contributed by atoms with E-state index < -0.39 is 5.60 Å². The number of nitrogens with zero attached hydrogens (tertiary/aromatic N) is 4. The second-order valence-corrected chi connectivity index (χ2v) is 8.46. The summed E-state index contributed by atoms with van der Waals surface area (Å²) in [7, 11) is 0. The van der Waals surface area contributed by atoms with Gasteiger partial charge in [0.05, 0.1) is 6.20 Å². The summed E-state index contributed by atoms with van der Waals surface area (Å²) in [5.41, 5.74) is 0.410. The topological polar surface area (TPSA) is 71.8 Å². The second-order valence-electron chi connectivity index (χ2n) is 7.36. The zero-order valence-electron chi connectivity index (χ0n) is 14.8. The zero-order chi connectivity index (χ0) is 18.0. The minimum Gasteiger partial charge on any atom is -0.444 e. The van der Waals surface area contributed by atoms with Gasteiger partial charge in [-0.3, -0.25) is 0 Å². The molecule has 1 aliphatic heterocycles. The number of imidazole rings is 1. The maximum absolute atomic E-state index is 11.8. The summed E-state index contributed by atoms with van der Waals surface area (Å²) in [5.74, 6) is 1.45. The van der Waals surface area contributed by atoms with Crippen LogP contribution in [0.25, 0.3) is 5.65 Å². The smallest absolute Gasteiger partial charge is 0.407 e. The third-order valence-corrected chi connectivity index (χ3v) is 4.91. The summed E-state index contributed by atoms with van der Waals surface area (Å²) >= 11 is 2.24. The van der Waals surface area contributed by atoms with Gasteiger partial charge >= 0.3 is 6.09 Å². The molecule has 1 fully saturated rings. The Hall–Kier alpha value is -1.58. The van der Waals surface area contributed by atoms with E-state index in [1.54, 1.807) is 0 Å². The number of anilines is 1. The molecule has 2 aromatic rings. The van der Waals surface area contributed by atoms with Crippen LogP contribution in [0.2, 0.25) is 0 Å². The SMILES string of the molecule is CC(C)(C)OC(=O)NCC1CCN(c2ccc3ncc(I)n3n2)CC1. The van der Waals surface area contributed by atoms with Gasteiger partial charge in [-0.25, -0.2) is 14.3 Å². The van der Waals surface area contributed by atoms with Crippen LogP contribution in [0.4, 0.5) is 10.6 Å². The number of alkyl carbamates (subject to hydrolysis) is 1. The van der Waals surface area contributed by atoms with Crippen LogP contribution in [-0.4, -0.2) is 45.9 Å². The van der Waals surface area contributed by atoms with Crippen molar-refractivity contribution >= 4 is 40.1 Å². The van der Waals surface area contributed by atoms with E-state index in [1.807, 2.05) is 43.6 Å². The first-order valence-corrected chi connectivity index (χ1v) is 9.62. The lowest BCUT2D eigenvalue weighted by molar-refractivity contribution is 0.0517. The summed E-state index contributed by atoms with van der Waals surface area (Å²) in [5, 5.41) is 7.56. The first-order valence-electron chi connectivity index (χ1n) is 8.54. The number of hydrogen-bond acceptors (Lipinski definition) is 5. The molecule has 1 N–H and O–H groups in total. The van der Waals surface area contributed by atoms with E-state index in [9.17, 15) is 4.79 Å². The summed E-state index contributed by atoms with van der Waals surface area (Å²) < 4.78 is 8.16. The fraction of sp³-hybridized carbons (Fsp3) is 0.588. The number of aromatic nitrogens is 3. The molecule has 0 aromatic carbocycles. The van der Waals surface area contributed by atoms with Gasteiger partial charge in [-0.05, 0) is 74.3 Å². The van der Waals surface area contributed by atoms with E-state index in [1.165, 1.54) is 0 Å². The normalized spacial score (nSPS) is 16.2. The average molecular weight is 457 g/mol. The molecule has 0 radical (unpaired) electrons. The zero-order valence-corrected chi connectivity index (χ0v) is 17.0. The fourth-order valence-electron chi connectivity index (χ4n) is 2.91. The molecule has 1 saturated heterocycles. The van der Waals surface area contributed by atoms with Crippen molar-refractivity contribution < 1.29 is 9.53 Å². The number of hydrogen-bond donors (Lipinski definition) is 1. The molecule has 0 saturated carbocycles. The molecular weight excluding hydrogens is 433 g/mol. The van der Waals surface area contributed by atoms with Crippen molar-refractivity contribution in [3.63, 3.8) is 0 Å². The Kier molecular flexibility index (Phi) is 5.35. The van der Waals surface area contributed by atoms with Crippen LogP contribution in [-0.2, 0) is 4.74 Å². The van der Waals surface area contributed by atoms with Gasteiger partial charge in [0, 0.05) is 19.6 Å². The van der Waals surface area contributed by atoms with Crippen molar-refractivity contribution in [3.8, 4) is 0 Å². The predicted octanol–water partition coefficient (Wildman–Crippen LogP) is 3.08. The molecule has 0 unspecified atom stereocenters. The van der Waals surface area contributed by atoms with Gasteiger partial charge in [0.1, 0.15) is 15.1 Å². The Morgan fingerprint density at radius 2 is 2.08 bits per heavy atom. The molecule has 0 aliphatic carbocycles. The maximum atomic E-state index is 11.8. The van der Waals surface area contributed by atoms with Crippen molar-refractivity contribution in [1.29, 1.82) is 0 Å². The Balaban J connectivity index is 1.51. The van der Waals surface area contributed by atoms with E-state index >= 15 is 0 Å². The molecule has 25 heavy (non-hydrogen) atoms. The minimum absolute atomic E-state index is 0.336. The third-order valence-electron chi connectivity index (χ3n) is 4.18. The van der Waals surface area contributed by atoms with E-state index in [0.717, 1.165) is 41.1 Å². The number of rotatable bonds is 3. The highest BCUT2D eigenvalue weighted by Crippen LogP contribution is 2.22. The van der Waals surface area contributed by atoms with Crippen molar-refractivity contribution in [1.82, 2.24) is 19.9 Å². The van der Waals surface area contributed by atoms with E-state index in [-0.39, 0.29) is 6.09 Å². The van der Waals surface area contributed by atoms with Crippen LogP contribution in [0.15, 0.2) is 18.3 Å². The molecule has 1 aliphatic rings. The standard InChI is InChI=1S/C17H24IN5O2/c1-17(2,3)25-16(24)20-10-12-6-8-22(9-7-12)15-5-4-14-19-11-13(18)23(14)21-15/h4-5,11-12H,6-10H2,1-3H3,(H,20,24). The number of nitrogens with one attached hydrogen (secondary N) is 1. The second kappa shape index (κ2) is 7.35. The van der Waals surface area contributed by atoms with Crippen molar-refractivity contribution in [2.45, 2.75) is 39.2 Å². The lowest BCUT2D eigenvalue weighted by Gasteiger charge is -2.32. The Labute approximate surface area is 161 Å². The fourth-order valence-corrected chi connectivity index (χ4v) is 3.41. The molecule has 7 nitrogen and oxygen atoms in total. The number of halogens is 1. The number of carbonyl (C=O) groups is 1. The number of ether oxygens (including phenoxy) is 1. The van der Waals surface area contributed by atoms with Crippen molar-refractivity contribution in [2.24, 2.45) is 5.92 Å². The molecule has 136 valence electrons. The number of fused-ring (bicyclic) bond motifs is 1. The quantitative estimate of drug-likeness (QED) is 0.718. The molecule has 8 heteroatoms. The lowest BCUT2D eigenvalue weighted by atomic mass is 9.97. The van der Waals surface area contributed by atoms with Crippen molar-refractivity contribution in [2.75, 3.05) is 24.5 Å². The molecule has 1 amide bonds. The van der Waals surface area contributed by atoms with Gasteiger partial charge in [0.15, 0.2) is 5.65 Å². The number of piperidine rings is 1. The highest BCUT2D eigenvalue weighted by molar-refractivity contribution is 14.1. The van der Waals surface area contributed by atoms with Gasteiger partial charge in [0.2, 0.25) is 0 Å². The molecule has 0 bridgehead atoms. The van der Waals surface area contributed by atoms with E-state index in [4.69, 9.17) is 4.74 Å². The third kappa shape index (κ3) is 4.74.